The van der Waals surface area contributed by atoms with E-state index in [0.29, 0.717) is 61.7 Å². The van der Waals surface area contributed by atoms with Gasteiger partial charge in [-0.05, 0) is 43.2 Å². The summed E-state index contributed by atoms with van der Waals surface area (Å²) < 4.78 is 34.5. The molecule has 1 amide bonds. The van der Waals surface area contributed by atoms with Gasteiger partial charge in [-0.1, -0.05) is 23.8 Å². The predicted octanol–water partition coefficient (Wildman–Crippen LogP) is 1.44. The van der Waals surface area contributed by atoms with Crippen molar-refractivity contribution in [2.75, 3.05) is 49.6 Å². The zero-order chi connectivity index (χ0) is 25.1. The third kappa shape index (κ3) is 4.97. The number of fused-ring (bicyclic) bond motifs is 1. The number of carbonyl (C=O) groups is 1. The SMILES string of the molecule is O=C(Cn1nnc2ccccc2c1=O)Nc1cc(S(=O)(=O)N2CCCCC2)ccc1N1CCOCC1. The van der Waals surface area contributed by atoms with Crippen LogP contribution in [-0.4, -0.2) is 73.0 Å². The number of amides is 1. The highest BCUT2D eigenvalue weighted by Crippen LogP contribution is 2.31. The minimum Gasteiger partial charge on any atom is -0.378 e. The van der Waals surface area contributed by atoms with E-state index in [-0.39, 0.29) is 11.4 Å². The lowest BCUT2D eigenvalue weighted by Gasteiger charge is -2.31. The summed E-state index contributed by atoms with van der Waals surface area (Å²) in [6.07, 6.45) is 2.67. The minimum absolute atomic E-state index is 0.124. The summed E-state index contributed by atoms with van der Waals surface area (Å²) in [5.74, 6) is -0.510. The number of sulfonamides is 1. The molecule has 1 N–H and O–H groups in total. The van der Waals surface area contributed by atoms with Crippen LogP contribution in [0.1, 0.15) is 19.3 Å². The Morgan fingerprint density at radius 2 is 1.75 bits per heavy atom. The fourth-order valence-corrected chi connectivity index (χ4v) is 6.11. The van der Waals surface area contributed by atoms with Gasteiger partial charge in [-0.2, -0.15) is 4.31 Å². The van der Waals surface area contributed by atoms with Gasteiger partial charge in [-0.25, -0.2) is 13.1 Å². The largest absolute Gasteiger partial charge is 0.378 e. The summed E-state index contributed by atoms with van der Waals surface area (Å²) in [4.78, 5) is 28.0. The molecule has 2 aliphatic rings. The number of aromatic nitrogens is 3. The Labute approximate surface area is 208 Å². The van der Waals surface area contributed by atoms with Crippen LogP contribution in [0.25, 0.3) is 10.9 Å². The number of nitrogens with zero attached hydrogens (tertiary/aromatic N) is 5. The van der Waals surface area contributed by atoms with Crippen molar-refractivity contribution in [3.05, 3.63) is 52.8 Å². The average Bonchev–Trinajstić information content (AvgIpc) is 2.91. The first-order valence-electron chi connectivity index (χ1n) is 12.0. The van der Waals surface area contributed by atoms with Crippen LogP contribution in [0.4, 0.5) is 11.4 Å². The van der Waals surface area contributed by atoms with Crippen LogP contribution in [0, 0.1) is 0 Å². The van der Waals surface area contributed by atoms with Crippen LogP contribution in [0.5, 0.6) is 0 Å². The summed E-state index contributed by atoms with van der Waals surface area (Å²) in [7, 11) is -3.70. The third-order valence-electron chi connectivity index (χ3n) is 6.47. The number of anilines is 2. The van der Waals surface area contributed by atoms with Crippen LogP contribution in [0.15, 0.2) is 52.2 Å². The molecular formula is C24H28N6O5S. The number of benzene rings is 2. The first-order valence-corrected chi connectivity index (χ1v) is 13.5. The third-order valence-corrected chi connectivity index (χ3v) is 8.36. The number of ether oxygens (including phenoxy) is 1. The number of nitrogens with one attached hydrogen (secondary N) is 1. The normalized spacial score (nSPS) is 17.3. The molecule has 2 saturated heterocycles. The van der Waals surface area contributed by atoms with Gasteiger partial charge in [0, 0.05) is 26.2 Å². The maximum absolute atomic E-state index is 13.3. The molecule has 2 fully saturated rings. The molecule has 0 bridgehead atoms. The van der Waals surface area contributed by atoms with Crippen LogP contribution in [0.2, 0.25) is 0 Å². The van der Waals surface area contributed by atoms with E-state index < -0.39 is 21.5 Å². The van der Waals surface area contributed by atoms with Gasteiger partial charge in [0.15, 0.2) is 0 Å². The lowest BCUT2D eigenvalue weighted by Crippen LogP contribution is -2.37. The molecule has 0 spiro atoms. The van der Waals surface area contributed by atoms with Gasteiger partial charge in [0.25, 0.3) is 5.56 Å². The standard InChI is InChI=1S/C24H28N6O5S/c31-23(17-30-24(32)19-6-2-3-7-20(19)26-27-30)25-21-16-18(36(33,34)29-10-4-1-5-11-29)8-9-22(21)28-12-14-35-15-13-28/h2-3,6-9,16H,1,4-5,10-15,17H2,(H,25,31). The maximum Gasteiger partial charge on any atom is 0.278 e. The molecule has 190 valence electrons. The Balaban J connectivity index is 1.44. The monoisotopic (exact) mass is 512 g/mol. The van der Waals surface area contributed by atoms with Gasteiger partial charge in [-0.3, -0.25) is 9.59 Å². The van der Waals surface area contributed by atoms with E-state index in [1.807, 2.05) is 4.90 Å². The van der Waals surface area contributed by atoms with E-state index in [9.17, 15) is 18.0 Å². The second-order valence-corrected chi connectivity index (χ2v) is 10.8. The van der Waals surface area contributed by atoms with Crippen LogP contribution < -0.4 is 15.8 Å². The molecule has 0 saturated carbocycles. The second-order valence-electron chi connectivity index (χ2n) is 8.86. The molecule has 1 aromatic heterocycles. The fraction of sp³-hybridized carbons (Fsp3) is 0.417. The van der Waals surface area contributed by atoms with Crippen molar-refractivity contribution in [3.63, 3.8) is 0 Å². The highest BCUT2D eigenvalue weighted by Gasteiger charge is 2.28. The van der Waals surface area contributed by atoms with E-state index in [2.05, 4.69) is 15.6 Å². The molecule has 11 nitrogen and oxygen atoms in total. The van der Waals surface area contributed by atoms with E-state index >= 15 is 0 Å². The number of hydrogen-bond donors (Lipinski definition) is 1. The van der Waals surface area contributed by atoms with Crippen LogP contribution >= 0.6 is 0 Å². The Bertz CT molecular complexity index is 1430. The van der Waals surface area contributed by atoms with Gasteiger partial charge in [-0.15, -0.1) is 5.10 Å². The van der Waals surface area contributed by atoms with Crippen molar-refractivity contribution in [1.82, 2.24) is 19.3 Å². The molecule has 3 aromatic rings. The van der Waals surface area contributed by atoms with Gasteiger partial charge < -0.3 is 15.0 Å². The highest BCUT2D eigenvalue weighted by molar-refractivity contribution is 7.89. The Morgan fingerprint density at radius 1 is 1.00 bits per heavy atom. The first kappa shape index (κ1) is 24.3. The number of morpholine rings is 1. The van der Waals surface area contributed by atoms with Gasteiger partial charge in [0.2, 0.25) is 15.9 Å². The fourth-order valence-electron chi connectivity index (χ4n) is 4.56. The quantitative estimate of drug-likeness (QED) is 0.526. The van der Waals surface area contributed by atoms with E-state index in [0.717, 1.165) is 23.9 Å². The second kappa shape index (κ2) is 10.3. The summed E-state index contributed by atoms with van der Waals surface area (Å²) in [6.45, 7) is 2.89. The molecule has 12 heteroatoms. The Hall–Kier alpha value is -3.35. The molecule has 0 atom stereocenters. The zero-order valence-electron chi connectivity index (χ0n) is 19.8. The summed E-state index contributed by atoms with van der Waals surface area (Å²) >= 11 is 0. The molecule has 2 aliphatic heterocycles. The van der Waals surface area contributed by atoms with Crippen molar-refractivity contribution in [3.8, 4) is 0 Å². The van der Waals surface area contributed by atoms with Crippen molar-refractivity contribution < 1.29 is 17.9 Å². The van der Waals surface area contributed by atoms with Gasteiger partial charge in [0.05, 0.1) is 34.9 Å². The van der Waals surface area contributed by atoms with Gasteiger partial charge >= 0.3 is 0 Å². The lowest BCUT2D eigenvalue weighted by atomic mass is 10.2. The first-order chi connectivity index (χ1) is 17.4. The van der Waals surface area contributed by atoms with E-state index in [1.165, 1.54) is 10.4 Å². The molecule has 0 unspecified atom stereocenters. The topological polar surface area (TPSA) is 127 Å². The molecule has 0 radical (unpaired) electrons. The van der Waals surface area contributed by atoms with Crippen molar-refractivity contribution >= 4 is 38.2 Å². The summed E-state index contributed by atoms with van der Waals surface area (Å²) in [6, 6.07) is 11.6. The lowest BCUT2D eigenvalue weighted by molar-refractivity contribution is -0.117. The number of piperidine rings is 1. The molecule has 2 aromatic carbocycles. The van der Waals surface area contributed by atoms with E-state index in [4.69, 9.17) is 4.74 Å². The Morgan fingerprint density at radius 3 is 2.53 bits per heavy atom. The average molecular weight is 513 g/mol. The van der Waals surface area contributed by atoms with Crippen molar-refractivity contribution in [2.45, 2.75) is 30.7 Å². The van der Waals surface area contributed by atoms with Crippen molar-refractivity contribution in [1.29, 1.82) is 0 Å². The number of carbonyl (C=O) groups excluding carboxylic acids is 1. The Kier molecular flexibility index (Phi) is 6.99. The maximum atomic E-state index is 13.3. The zero-order valence-corrected chi connectivity index (χ0v) is 20.6. The molecule has 3 heterocycles. The minimum atomic E-state index is -3.70. The summed E-state index contributed by atoms with van der Waals surface area (Å²) in [5, 5.41) is 11.1. The molecule has 0 aliphatic carbocycles. The predicted molar refractivity (Wildman–Crippen MR) is 135 cm³/mol. The summed E-state index contributed by atoms with van der Waals surface area (Å²) in [5.41, 5.74) is 1.08. The molecular weight excluding hydrogens is 484 g/mol. The van der Waals surface area contributed by atoms with Crippen LogP contribution in [-0.2, 0) is 26.1 Å². The number of hydrogen-bond acceptors (Lipinski definition) is 8. The molecule has 5 rings (SSSR count). The van der Waals surface area contributed by atoms with E-state index in [1.54, 1.807) is 36.4 Å². The number of rotatable bonds is 6. The van der Waals surface area contributed by atoms with Gasteiger partial charge in [0.1, 0.15) is 12.1 Å². The molecule has 36 heavy (non-hydrogen) atoms. The van der Waals surface area contributed by atoms with Crippen molar-refractivity contribution in [2.24, 2.45) is 0 Å². The highest BCUT2D eigenvalue weighted by atomic mass is 32.2. The van der Waals surface area contributed by atoms with Crippen LogP contribution in [0.3, 0.4) is 0 Å². The smallest absolute Gasteiger partial charge is 0.278 e.